The summed E-state index contributed by atoms with van der Waals surface area (Å²) in [6, 6.07) is 18.5. The van der Waals surface area contributed by atoms with E-state index in [1.54, 1.807) is 6.07 Å². The van der Waals surface area contributed by atoms with Gasteiger partial charge < -0.3 is 9.88 Å². The normalized spacial score (nSPS) is 17.2. The maximum absolute atomic E-state index is 12.8. The van der Waals surface area contributed by atoms with Crippen molar-refractivity contribution in [2.45, 2.75) is 23.8 Å². The second-order valence-corrected chi connectivity index (χ2v) is 10.8. The molecule has 1 aliphatic heterocycles. The predicted molar refractivity (Wildman–Crippen MR) is 128 cm³/mol. The maximum atomic E-state index is 12.8. The van der Waals surface area contributed by atoms with Gasteiger partial charge in [-0.2, -0.15) is 0 Å². The van der Waals surface area contributed by atoms with E-state index < -0.39 is 10.0 Å². The first kappa shape index (κ1) is 20.2. The summed E-state index contributed by atoms with van der Waals surface area (Å²) >= 11 is 0. The Morgan fingerprint density at radius 2 is 1.79 bits per heavy atom. The zero-order chi connectivity index (χ0) is 22.7. The van der Waals surface area contributed by atoms with Crippen LogP contribution in [0, 0.1) is 0 Å². The highest BCUT2D eigenvalue weighted by Crippen LogP contribution is 2.41. The number of nitrogens with zero attached hydrogens (tertiary/aromatic N) is 4. The second kappa shape index (κ2) is 7.29. The Labute approximate surface area is 190 Å². The summed E-state index contributed by atoms with van der Waals surface area (Å²) in [7, 11) is -0.670. The van der Waals surface area contributed by atoms with Gasteiger partial charge in [-0.1, -0.05) is 30.3 Å². The Hall–Kier alpha value is -3.43. The van der Waals surface area contributed by atoms with Crippen molar-refractivity contribution >= 4 is 48.5 Å². The third kappa shape index (κ3) is 3.03. The molecule has 1 aliphatic rings. The smallest absolute Gasteiger partial charge is 0.244 e. The van der Waals surface area contributed by atoms with Crippen LogP contribution in [0.3, 0.4) is 0 Å². The van der Waals surface area contributed by atoms with Crippen LogP contribution >= 0.6 is 0 Å². The summed E-state index contributed by atoms with van der Waals surface area (Å²) in [5, 5.41) is 10.5. The van der Waals surface area contributed by atoms with Gasteiger partial charge in [0.15, 0.2) is 11.0 Å². The molecule has 0 saturated carbocycles. The third-order valence-electron chi connectivity index (χ3n) is 6.59. The number of H-pyrrole nitrogens is 1. The maximum Gasteiger partial charge on any atom is 0.244 e. The van der Waals surface area contributed by atoms with Crippen LogP contribution in [0.15, 0.2) is 64.1 Å². The summed E-state index contributed by atoms with van der Waals surface area (Å²) in [6.45, 7) is 0.844. The van der Waals surface area contributed by atoms with E-state index >= 15 is 0 Å². The molecule has 1 unspecified atom stereocenters. The van der Waals surface area contributed by atoms with Crippen molar-refractivity contribution in [1.82, 2.24) is 19.6 Å². The van der Waals surface area contributed by atoms with Gasteiger partial charge in [-0.25, -0.2) is 17.4 Å². The number of nitrogens with one attached hydrogen (secondary N) is 1. The number of benzene rings is 3. The van der Waals surface area contributed by atoms with Crippen molar-refractivity contribution in [1.29, 1.82) is 0 Å². The molecule has 0 spiro atoms. The molecule has 8 nitrogen and oxygen atoms in total. The number of fused-ring (bicyclic) bond motifs is 4. The van der Waals surface area contributed by atoms with E-state index in [-0.39, 0.29) is 16.5 Å². The molecule has 1 saturated heterocycles. The third-order valence-corrected chi connectivity index (χ3v) is 8.44. The highest BCUT2D eigenvalue weighted by atomic mass is 32.2. The Bertz CT molecular complexity index is 1620. The highest BCUT2D eigenvalue weighted by Gasteiger charge is 2.31. The second-order valence-electron chi connectivity index (χ2n) is 8.66. The van der Waals surface area contributed by atoms with Crippen molar-refractivity contribution in [3.63, 3.8) is 0 Å². The summed E-state index contributed by atoms with van der Waals surface area (Å²) in [5.41, 5.74) is 5.01. The molecule has 0 radical (unpaired) electrons. The van der Waals surface area contributed by atoms with Crippen LogP contribution in [0.2, 0.25) is 0 Å². The highest BCUT2D eigenvalue weighted by molar-refractivity contribution is 7.89. The van der Waals surface area contributed by atoms with Gasteiger partial charge >= 0.3 is 0 Å². The fraction of sp³-hybridized carbons (Fsp3) is 0.250. The number of aromatic nitrogens is 3. The average Bonchev–Trinajstić information content (AvgIpc) is 3.55. The molecule has 0 amide bonds. The van der Waals surface area contributed by atoms with Crippen LogP contribution < -0.4 is 4.90 Å². The summed E-state index contributed by atoms with van der Waals surface area (Å²) in [4.78, 5) is 5.91. The van der Waals surface area contributed by atoms with E-state index in [0.717, 1.165) is 36.1 Å². The van der Waals surface area contributed by atoms with Crippen molar-refractivity contribution in [2.24, 2.45) is 0 Å². The van der Waals surface area contributed by atoms with E-state index in [1.165, 1.54) is 34.7 Å². The first-order chi connectivity index (χ1) is 15.9. The average molecular weight is 462 g/mol. The first-order valence-electron chi connectivity index (χ1n) is 10.9. The molecule has 3 heterocycles. The van der Waals surface area contributed by atoms with E-state index in [0.29, 0.717) is 5.52 Å². The lowest BCUT2D eigenvalue weighted by atomic mass is 10.0. The number of aromatic amines is 1. The zero-order valence-electron chi connectivity index (χ0n) is 18.3. The molecule has 9 heteroatoms. The SMILES string of the molecule is CN(C)S(=O)(=O)c1ccc(N2CCCC2c2ccc3c(c2)[nH]c2ccccc23)c2nonc12. The molecule has 0 aliphatic carbocycles. The van der Waals surface area contributed by atoms with E-state index in [2.05, 4.69) is 56.6 Å². The molecule has 1 N–H and O–H groups in total. The molecule has 0 bridgehead atoms. The summed E-state index contributed by atoms with van der Waals surface area (Å²) < 4.78 is 31.7. The summed E-state index contributed by atoms with van der Waals surface area (Å²) in [6.07, 6.45) is 2.02. The van der Waals surface area contributed by atoms with Crippen LogP contribution in [-0.4, -0.2) is 48.7 Å². The molecular formula is C24H23N5O3S. The molecule has 6 rings (SSSR count). The lowest BCUT2D eigenvalue weighted by molar-refractivity contribution is 0.315. The van der Waals surface area contributed by atoms with Crippen molar-refractivity contribution < 1.29 is 13.0 Å². The summed E-state index contributed by atoms with van der Waals surface area (Å²) in [5.74, 6) is 0. The number of rotatable bonds is 4. The Balaban J connectivity index is 1.44. The van der Waals surface area contributed by atoms with Gasteiger partial charge in [-0.15, -0.1) is 0 Å². The molecule has 1 fully saturated rings. The topological polar surface area (TPSA) is 95.3 Å². The van der Waals surface area contributed by atoms with Gasteiger partial charge in [-0.05, 0) is 53.0 Å². The number of para-hydroxylation sites is 1. The van der Waals surface area contributed by atoms with Crippen LogP contribution in [-0.2, 0) is 10.0 Å². The number of anilines is 1. The number of hydrogen-bond donors (Lipinski definition) is 1. The molecule has 33 heavy (non-hydrogen) atoms. The van der Waals surface area contributed by atoms with Gasteiger partial charge in [0.2, 0.25) is 10.0 Å². The van der Waals surface area contributed by atoms with Crippen molar-refractivity contribution in [2.75, 3.05) is 25.5 Å². The first-order valence-corrected chi connectivity index (χ1v) is 12.3. The fourth-order valence-corrected chi connectivity index (χ4v) is 5.96. The number of sulfonamides is 1. The lowest BCUT2D eigenvalue weighted by Gasteiger charge is -2.27. The Morgan fingerprint density at radius 1 is 1.00 bits per heavy atom. The van der Waals surface area contributed by atoms with E-state index in [4.69, 9.17) is 4.63 Å². The zero-order valence-corrected chi connectivity index (χ0v) is 19.1. The van der Waals surface area contributed by atoms with Gasteiger partial charge in [0, 0.05) is 42.4 Å². The molecule has 3 aromatic carbocycles. The minimum Gasteiger partial charge on any atom is -0.363 e. The van der Waals surface area contributed by atoms with E-state index in [1.807, 2.05) is 12.1 Å². The standard InChI is InChI=1S/C24H23N5O3S/c1-28(2)33(30,31)22-12-11-21(23-24(22)27-32-26-23)29-13-5-8-20(29)15-9-10-17-16-6-3-4-7-18(16)25-19(17)14-15/h3-4,6-7,9-12,14,20,25H,5,8,13H2,1-2H3. The minimum atomic E-state index is -3.67. The predicted octanol–water partition coefficient (Wildman–Crippen LogP) is 4.45. The molecule has 2 aromatic heterocycles. The largest absolute Gasteiger partial charge is 0.363 e. The molecule has 1 atom stereocenters. The van der Waals surface area contributed by atoms with Crippen LogP contribution in [0.25, 0.3) is 32.8 Å². The van der Waals surface area contributed by atoms with Gasteiger partial charge in [0.1, 0.15) is 4.90 Å². The Morgan fingerprint density at radius 3 is 2.64 bits per heavy atom. The molecule has 168 valence electrons. The molecular weight excluding hydrogens is 438 g/mol. The van der Waals surface area contributed by atoms with Gasteiger partial charge in [-0.3, -0.25) is 0 Å². The van der Waals surface area contributed by atoms with Gasteiger partial charge in [0.25, 0.3) is 0 Å². The number of hydrogen-bond acceptors (Lipinski definition) is 6. The van der Waals surface area contributed by atoms with Crippen molar-refractivity contribution in [3.8, 4) is 0 Å². The van der Waals surface area contributed by atoms with Gasteiger partial charge in [0.05, 0.1) is 11.7 Å². The minimum absolute atomic E-state index is 0.0998. The van der Waals surface area contributed by atoms with Crippen molar-refractivity contribution in [3.05, 3.63) is 60.2 Å². The Kier molecular flexibility index (Phi) is 4.46. The monoisotopic (exact) mass is 461 g/mol. The van der Waals surface area contributed by atoms with Crippen LogP contribution in [0.1, 0.15) is 24.4 Å². The quantitative estimate of drug-likeness (QED) is 0.425. The fourth-order valence-electron chi connectivity index (χ4n) is 4.95. The lowest BCUT2D eigenvalue weighted by Crippen LogP contribution is -2.24. The van der Waals surface area contributed by atoms with E-state index in [9.17, 15) is 8.42 Å². The molecule has 5 aromatic rings. The van der Waals surface area contributed by atoms with Crippen LogP contribution in [0.5, 0.6) is 0 Å². The van der Waals surface area contributed by atoms with Crippen LogP contribution in [0.4, 0.5) is 5.69 Å².